The maximum atomic E-state index is 9.07. The van der Waals surface area contributed by atoms with E-state index in [4.69, 9.17) is 5.11 Å². The first-order valence-electron chi connectivity index (χ1n) is 3.22. The summed E-state index contributed by atoms with van der Waals surface area (Å²) in [7, 11) is 0. The predicted octanol–water partition coefficient (Wildman–Crippen LogP) is 0.324. The van der Waals surface area contributed by atoms with Crippen LogP contribution in [-0.4, -0.2) is 17.9 Å². The molecule has 0 aromatic carbocycles. The predicted molar refractivity (Wildman–Crippen MR) is 32.4 cm³/mol. The summed E-state index contributed by atoms with van der Waals surface area (Å²) in [5.74, 6) is 0.448. The van der Waals surface area contributed by atoms with Crippen molar-refractivity contribution in [1.82, 2.24) is 5.32 Å². The van der Waals surface area contributed by atoms with Gasteiger partial charge in [-0.25, -0.2) is 0 Å². The van der Waals surface area contributed by atoms with E-state index in [-0.39, 0.29) is 6.23 Å². The van der Waals surface area contributed by atoms with Crippen LogP contribution in [0.2, 0.25) is 0 Å². The third-order valence-electron chi connectivity index (χ3n) is 1.73. The average molecular weight is 115 g/mol. The van der Waals surface area contributed by atoms with Gasteiger partial charge in [-0.15, -0.1) is 0 Å². The molecule has 2 unspecified atom stereocenters. The summed E-state index contributed by atoms with van der Waals surface area (Å²) >= 11 is 0. The molecular formula is C6H13NO. The molecule has 0 aliphatic carbocycles. The molecule has 1 rings (SSSR count). The van der Waals surface area contributed by atoms with Gasteiger partial charge in [-0.1, -0.05) is 6.92 Å². The van der Waals surface area contributed by atoms with Gasteiger partial charge in [-0.2, -0.15) is 0 Å². The number of piperidine rings is 1. The molecule has 0 radical (unpaired) electrons. The van der Waals surface area contributed by atoms with Crippen molar-refractivity contribution in [3.63, 3.8) is 0 Å². The monoisotopic (exact) mass is 115 g/mol. The summed E-state index contributed by atoms with van der Waals surface area (Å²) in [5.41, 5.74) is 0. The molecule has 1 aliphatic rings. The largest absolute Gasteiger partial charge is 0.378 e. The van der Waals surface area contributed by atoms with Crippen LogP contribution in [0, 0.1) is 5.92 Å². The second-order valence-electron chi connectivity index (χ2n) is 2.52. The number of nitrogens with one attached hydrogen (secondary N) is 1. The summed E-state index contributed by atoms with van der Waals surface area (Å²) < 4.78 is 0. The Kier molecular flexibility index (Phi) is 1.86. The van der Waals surface area contributed by atoms with Crippen molar-refractivity contribution in [2.45, 2.75) is 26.0 Å². The summed E-state index contributed by atoms with van der Waals surface area (Å²) in [6, 6.07) is 0. The minimum Gasteiger partial charge on any atom is -0.378 e. The Morgan fingerprint density at radius 2 is 2.38 bits per heavy atom. The van der Waals surface area contributed by atoms with E-state index in [1.54, 1.807) is 0 Å². The van der Waals surface area contributed by atoms with Crippen molar-refractivity contribution in [2.75, 3.05) is 6.54 Å². The fourth-order valence-electron chi connectivity index (χ4n) is 1.03. The van der Waals surface area contributed by atoms with Crippen molar-refractivity contribution in [1.29, 1.82) is 0 Å². The van der Waals surface area contributed by atoms with E-state index in [2.05, 4.69) is 12.2 Å². The van der Waals surface area contributed by atoms with E-state index in [1.165, 1.54) is 6.42 Å². The van der Waals surface area contributed by atoms with Gasteiger partial charge in [0.15, 0.2) is 0 Å². The van der Waals surface area contributed by atoms with Crippen LogP contribution >= 0.6 is 0 Å². The Morgan fingerprint density at radius 1 is 1.62 bits per heavy atom. The zero-order valence-corrected chi connectivity index (χ0v) is 5.22. The van der Waals surface area contributed by atoms with Gasteiger partial charge < -0.3 is 5.11 Å². The molecule has 2 N–H and O–H groups in total. The van der Waals surface area contributed by atoms with Crippen LogP contribution in [0.3, 0.4) is 0 Å². The van der Waals surface area contributed by atoms with Crippen molar-refractivity contribution < 1.29 is 5.11 Å². The van der Waals surface area contributed by atoms with Gasteiger partial charge in [0.05, 0.1) is 0 Å². The van der Waals surface area contributed by atoms with E-state index >= 15 is 0 Å². The van der Waals surface area contributed by atoms with Crippen LogP contribution in [0.15, 0.2) is 0 Å². The van der Waals surface area contributed by atoms with Crippen LogP contribution in [-0.2, 0) is 0 Å². The zero-order valence-electron chi connectivity index (χ0n) is 5.22. The molecule has 2 atom stereocenters. The van der Waals surface area contributed by atoms with Crippen molar-refractivity contribution in [3.05, 3.63) is 0 Å². The minimum absolute atomic E-state index is 0.247. The summed E-state index contributed by atoms with van der Waals surface area (Å²) in [5, 5.41) is 12.1. The first kappa shape index (κ1) is 6.05. The highest BCUT2D eigenvalue weighted by molar-refractivity contribution is 4.68. The second-order valence-corrected chi connectivity index (χ2v) is 2.52. The van der Waals surface area contributed by atoms with Gasteiger partial charge in [-0.3, -0.25) is 5.32 Å². The van der Waals surface area contributed by atoms with Gasteiger partial charge in [0.2, 0.25) is 0 Å². The maximum Gasteiger partial charge on any atom is 0.107 e. The Hall–Kier alpha value is -0.0800. The third kappa shape index (κ3) is 1.20. The normalized spacial score (nSPS) is 39.8. The molecule has 1 fully saturated rings. The number of aliphatic hydroxyl groups excluding tert-OH is 1. The lowest BCUT2D eigenvalue weighted by Gasteiger charge is -2.24. The number of rotatable bonds is 0. The standard InChI is InChI=1S/C6H13NO/c1-5-3-2-4-7-6(5)8/h5-8H,2-4H2,1H3. The number of hydrogen-bond donors (Lipinski definition) is 2. The molecule has 0 saturated carbocycles. The Balaban J connectivity index is 2.28. The van der Waals surface area contributed by atoms with E-state index < -0.39 is 0 Å². The van der Waals surface area contributed by atoms with Crippen LogP contribution in [0.5, 0.6) is 0 Å². The molecule has 0 amide bonds. The Bertz CT molecular complexity index is 64.9. The molecule has 2 heteroatoms. The number of aliphatic hydroxyl groups is 1. The topological polar surface area (TPSA) is 32.3 Å². The van der Waals surface area contributed by atoms with E-state index in [1.807, 2.05) is 0 Å². The van der Waals surface area contributed by atoms with E-state index in [0.717, 1.165) is 13.0 Å². The summed E-state index contributed by atoms with van der Waals surface area (Å²) in [4.78, 5) is 0. The molecule has 1 aliphatic heterocycles. The maximum absolute atomic E-state index is 9.07. The van der Waals surface area contributed by atoms with Crippen LogP contribution < -0.4 is 5.32 Å². The Morgan fingerprint density at radius 3 is 2.75 bits per heavy atom. The number of hydrogen-bond acceptors (Lipinski definition) is 2. The van der Waals surface area contributed by atoms with Crippen LogP contribution in [0.25, 0.3) is 0 Å². The second kappa shape index (κ2) is 2.46. The minimum atomic E-state index is -0.247. The van der Waals surface area contributed by atoms with E-state index in [0.29, 0.717) is 5.92 Å². The first-order valence-corrected chi connectivity index (χ1v) is 3.22. The summed E-state index contributed by atoms with van der Waals surface area (Å²) in [6.45, 7) is 3.04. The molecule has 0 spiro atoms. The van der Waals surface area contributed by atoms with Crippen molar-refractivity contribution in [3.8, 4) is 0 Å². The van der Waals surface area contributed by atoms with Gasteiger partial charge in [0.25, 0.3) is 0 Å². The molecule has 0 bridgehead atoms. The highest BCUT2D eigenvalue weighted by Gasteiger charge is 2.16. The average Bonchev–Trinajstić information content (AvgIpc) is 1.77. The highest BCUT2D eigenvalue weighted by Crippen LogP contribution is 2.12. The lowest BCUT2D eigenvalue weighted by Crippen LogP contribution is -2.39. The fraction of sp³-hybridized carbons (Fsp3) is 1.00. The van der Waals surface area contributed by atoms with Crippen molar-refractivity contribution >= 4 is 0 Å². The molecule has 8 heavy (non-hydrogen) atoms. The molecule has 1 heterocycles. The van der Waals surface area contributed by atoms with Crippen LogP contribution in [0.4, 0.5) is 0 Å². The molecule has 1 saturated heterocycles. The summed E-state index contributed by atoms with van der Waals surface area (Å²) in [6.07, 6.45) is 2.12. The molecular weight excluding hydrogens is 102 g/mol. The fourth-order valence-corrected chi connectivity index (χ4v) is 1.03. The van der Waals surface area contributed by atoms with Gasteiger partial charge in [0.1, 0.15) is 6.23 Å². The Labute approximate surface area is 49.9 Å². The van der Waals surface area contributed by atoms with E-state index in [9.17, 15) is 0 Å². The lowest BCUT2D eigenvalue weighted by atomic mass is 10.0. The zero-order chi connectivity index (χ0) is 5.98. The van der Waals surface area contributed by atoms with Gasteiger partial charge in [0, 0.05) is 0 Å². The smallest absolute Gasteiger partial charge is 0.107 e. The first-order chi connectivity index (χ1) is 3.80. The SMILES string of the molecule is CC1CCCNC1O. The molecule has 0 aromatic rings. The lowest BCUT2D eigenvalue weighted by molar-refractivity contribution is 0.0586. The highest BCUT2D eigenvalue weighted by atomic mass is 16.3. The van der Waals surface area contributed by atoms with Crippen LogP contribution in [0.1, 0.15) is 19.8 Å². The van der Waals surface area contributed by atoms with Gasteiger partial charge in [-0.05, 0) is 25.3 Å². The molecule has 0 aromatic heterocycles. The third-order valence-corrected chi connectivity index (χ3v) is 1.73. The van der Waals surface area contributed by atoms with Crippen molar-refractivity contribution in [2.24, 2.45) is 5.92 Å². The van der Waals surface area contributed by atoms with Gasteiger partial charge >= 0.3 is 0 Å². The molecule has 2 nitrogen and oxygen atoms in total. The molecule has 48 valence electrons. The quantitative estimate of drug-likeness (QED) is 0.476.